The first-order chi connectivity index (χ1) is 12.0. The average Bonchev–Trinajstić information content (AvgIpc) is 2.97. The number of carboxylic acids is 1. The summed E-state index contributed by atoms with van der Waals surface area (Å²) in [6.07, 6.45) is 3.72. The van der Waals surface area contributed by atoms with E-state index in [0.717, 1.165) is 38.0 Å². The van der Waals surface area contributed by atoms with Gasteiger partial charge in [-0.3, -0.25) is 14.5 Å². The Morgan fingerprint density at radius 2 is 2.00 bits per heavy atom. The van der Waals surface area contributed by atoms with Crippen LogP contribution in [-0.2, 0) is 9.59 Å². The zero-order valence-corrected chi connectivity index (χ0v) is 15.5. The van der Waals surface area contributed by atoms with Gasteiger partial charge in [-0.2, -0.15) is 0 Å². The molecule has 0 aromatic heterocycles. The molecule has 5 nitrogen and oxygen atoms in total. The fourth-order valence-corrected chi connectivity index (χ4v) is 4.15. The van der Waals surface area contributed by atoms with E-state index < -0.39 is 5.97 Å². The Bertz CT molecular complexity index is 668. The lowest BCUT2D eigenvalue weighted by Gasteiger charge is -2.35. The summed E-state index contributed by atoms with van der Waals surface area (Å²) >= 11 is 12.0. The molecule has 2 unspecified atom stereocenters. The molecule has 2 aliphatic heterocycles. The Morgan fingerprint density at radius 1 is 1.20 bits per heavy atom. The molecule has 1 aromatic rings. The highest BCUT2D eigenvalue weighted by Gasteiger charge is 2.38. The van der Waals surface area contributed by atoms with Crippen LogP contribution in [-0.4, -0.2) is 47.6 Å². The van der Waals surface area contributed by atoms with Gasteiger partial charge in [-0.05, 0) is 56.3 Å². The first-order valence-corrected chi connectivity index (χ1v) is 9.43. The monoisotopic (exact) mass is 384 g/mol. The van der Waals surface area contributed by atoms with E-state index in [1.165, 1.54) is 0 Å². The number of hydrogen-bond acceptors (Lipinski definition) is 3. The Labute approximate surface area is 157 Å². The van der Waals surface area contributed by atoms with E-state index in [4.69, 9.17) is 28.3 Å². The van der Waals surface area contributed by atoms with Gasteiger partial charge in [0.1, 0.15) is 0 Å². The van der Waals surface area contributed by atoms with Gasteiger partial charge in [0.05, 0.1) is 16.1 Å². The second-order valence-corrected chi connectivity index (χ2v) is 7.64. The number of benzene rings is 1. The second-order valence-electron chi connectivity index (χ2n) is 6.83. The highest BCUT2D eigenvalue weighted by molar-refractivity contribution is 6.42. The van der Waals surface area contributed by atoms with Crippen LogP contribution in [0.5, 0.6) is 0 Å². The van der Waals surface area contributed by atoms with Crippen molar-refractivity contribution in [3.05, 3.63) is 28.2 Å². The van der Waals surface area contributed by atoms with E-state index in [0.29, 0.717) is 28.9 Å². The molecule has 1 amide bonds. The SMILES string of the molecule is O=C(O)CCC1CCCN(C2CCN(c3ccc(Cl)c(Cl)c3)C2=O)C1. The zero-order valence-electron chi connectivity index (χ0n) is 14.0. The summed E-state index contributed by atoms with van der Waals surface area (Å²) in [6, 6.07) is 5.14. The van der Waals surface area contributed by atoms with Crippen LogP contribution in [0.1, 0.15) is 32.1 Å². The van der Waals surface area contributed by atoms with Crippen LogP contribution in [0.3, 0.4) is 0 Å². The molecule has 25 heavy (non-hydrogen) atoms. The van der Waals surface area contributed by atoms with Crippen molar-refractivity contribution in [1.29, 1.82) is 0 Å². The van der Waals surface area contributed by atoms with Crippen molar-refractivity contribution in [1.82, 2.24) is 4.90 Å². The quantitative estimate of drug-likeness (QED) is 0.840. The predicted molar refractivity (Wildman–Crippen MR) is 98.4 cm³/mol. The van der Waals surface area contributed by atoms with Gasteiger partial charge in [0.2, 0.25) is 5.91 Å². The highest BCUT2D eigenvalue weighted by atomic mass is 35.5. The molecule has 136 valence electrons. The van der Waals surface area contributed by atoms with Gasteiger partial charge in [-0.25, -0.2) is 0 Å². The Kier molecular flexibility index (Phi) is 5.87. The van der Waals surface area contributed by atoms with Gasteiger partial charge >= 0.3 is 5.97 Å². The minimum Gasteiger partial charge on any atom is -0.481 e. The molecule has 3 rings (SSSR count). The molecule has 0 bridgehead atoms. The van der Waals surface area contributed by atoms with Crippen molar-refractivity contribution < 1.29 is 14.7 Å². The number of carboxylic acid groups (broad SMARTS) is 1. The maximum absolute atomic E-state index is 12.9. The van der Waals surface area contributed by atoms with Crippen LogP contribution < -0.4 is 4.90 Å². The third kappa shape index (κ3) is 4.27. The molecule has 0 radical (unpaired) electrons. The fraction of sp³-hybridized carbons (Fsp3) is 0.556. The van der Waals surface area contributed by atoms with E-state index in [9.17, 15) is 9.59 Å². The van der Waals surface area contributed by atoms with Crippen molar-refractivity contribution >= 4 is 40.8 Å². The van der Waals surface area contributed by atoms with E-state index in [1.807, 2.05) is 6.07 Å². The van der Waals surface area contributed by atoms with E-state index >= 15 is 0 Å². The van der Waals surface area contributed by atoms with Crippen LogP contribution in [0.25, 0.3) is 0 Å². The zero-order chi connectivity index (χ0) is 18.0. The van der Waals surface area contributed by atoms with Crippen molar-refractivity contribution in [3.63, 3.8) is 0 Å². The minimum absolute atomic E-state index is 0.0947. The number of carbonyl (C=O) groups is 2. The molecular formula is C18H22Cl2N2O3. The number of piperidine rings is 1. The van der Waals surface area contributed by atoms with Crippen LogP contribution in [0, 0.1) is 5.92 Å². The summed E-state index contributed by atoms with van der Waals surface area (Å²) in [4.78, 5) is 27.7. The number of aliphatic carboxylic acids is 1. The maximum Gasteiger partial charge on any atom is 0.303 e. The standard InChI is InChI=1S/C18H22Cl2N2O3/c19-14-5-4-13(10-15(14)20)22-9-7-16(18(22)25)21-8-1-2-12(11-21)3-6-17(23)24/h4-5,10,12,16H,1-3,6-9,11H2,(H,23,24). The lowest BCUT2D eigenvalue weighted by molar-refractivity contribution is -0.137. The number of rotatable bonds is 5. The third-order valence-electron chi connectivity index (χ3n) is 5.15. The molecule has 0 saturated carbocycles. The normalized spacial score (nSPS) is 24.7. The average molecular weight is 385 g/mol. The molecule has 2 atom stereocenters. The summed E-state index contributed by atoms with van der Waals surface area (Å²) in [5, 5.41) is 9.80. The largest absolute Gasteiger partial charge is 0.481 e. The second kappa shape index (κ2) is 7.94. The number of amides is 1. The summed E-state index contributed by atoms with van der Waals surface area (Å²) in [5.74, 6) is -0.297. The van der Waals surface area contributed by atoms with Crippen LogP contribution in [0.4, 0.5) is 5.69 Å². The predicted octanol–water partition coefficient (Wildman–Crippen LogP) is 3.68. The van der Waals surface area contributed by atoms with Gasteiger partial charge in [0.15, 0.2) is 0 Å². The minimum atomic E-state index is -0.750. The van der Waals surface area contributed by atoms with Gasteiger partial charge in [0.25, 0.3) is 0 Å². The highest BCUT2D eigenvalue weighted by Crippen LogP contribution is 2.32. The fourth-order valence-electron chi connectivity index (χ4n) is 3.86. The van der Waals surface area contributed by atoms with Gasteiger partial charge in [-0.1, -0.05) is 23.2 Å². The molecule has 2 saturated heterocycles. The number of halogens is 2. The lowest BCUT2D eigenvalue weighted by atomic mass is 9.92. The first kappa shape index (κ1) is 18.5. The lowest BCUT2D eigenvalue weighted by Crippen LogP contribution is -2.46. The Morgan fingerprint density at radius 3 is 2.72 bits per heavy atom. The van der Waals surface area contributed by atoms with Crippen LogP contribution >= 0.6 is 23.2 Å². The third-order valence-corrected chi connectivity index (χ3v) is 5.89. The van der Waals surface area contributed by atoms with E-state index in [1.54, 1.807) is 17.0 Å². The molecule has 2 heterocycles. The first-order valence-electron chi connectivity index (χ1n) is 8.68. The molecule has 1 aromatic carbocycles. The van der Waals surface area contributed by atoms with Crippen molar-refractivity contribution in [2.45, 2.75) is 38.1 Å². The van der Waals surface area contributed by atoms with Crippen molar-refractivity contribution in [2.75, 3.05) is 24.5 Å². The number of likely N-dealkylation sites (tertiary alicyclic amines) is 1. The molecule has 0 spiro atoms. The van der Waals surface area contributed by atoms with Gasteiger partial charge in [0, 0.05) is 25.2 Å². The van der Waals surface area contributed by atoms with Crippen molar-refractivity contribution in [3.8, 4) is 0 Å². The number of carbonyl (C=O) groups excluding carboxylic acids is 1. The number of anilines is 1. The maximum atomic E-state index is 12.9. The summed E-state index contributed by atoms with van der Waals surface area (Å²) in [7, 11) is 0. The van der Waals surface area contributed by atoms with Crippen molar-refractivity contribution in [2.24, 2.45) is 5.92 Å². The molecular weight excluding hydrogens is 363 g/mol. The van der Waals surface area contributed by atoms with Gasteiger partial charge < -0.3 is 10.0 Å². The number of nitrogens with zero attached hydrogens (tertiary/aromatic N) is 2. The summed E-state index contributed by atoms with van der Waals surface area (Å²) in [6.45, 7) is 2.37. The van der Waals surface area contributed by atoms with Gasteiger partial charge in [-0.15, -0.1) is 0 Å². The number of hydrogen-bond donors (Lipinski definition) is 1. The molecule has 2 aliphatic rings. The smallest absolute Gasteiger partial charge is 0.303 e. The Hall–Kier alpha value is -1.30. The molecule has 2 fully saturated rings. The Balaban J connectivity index is 1.64. The van der Waals surface area contributed by atoms with Crippen LogP contribution in [0.2, 0.25) is 10.0 Å². The van der Waals surface area contributed by atoms with E-state index in [2.05, 4.69) is 4.90 Å². The van der Waals surface area contributed by atoms with E-state index in [-0.39, 0.29) is 18.4 Å². The van der Waals surface area contributed by atoms with Crippen LogP contribution in [0.15, 0.2) is 18.2 Å². The topological polar surface area (TPSA) is 60.9 Å². The molecule has 7 heteroatoms. The molecule has 1 N–H and O–H groups in total. The summed E-state index contributed by atoms with van der Waals surface area (Å²) in [5.41, 5.74) is 0.779. The molecule has 0 aliphatic carbocycles. The summed E-state index contributed by atoms with van der Waals surface area (Å²) < 4.78 is 0.